The molecule has 120 valence electrons. The topological polar surface area (TPSA) is 74.7 Å². The third-order valence-electron chi connectivity index (χ3n) is 3.86. The molecule has 5 nitrogen and oxygen atoms in total. The molecule has 1 aromatic rings. The van der Waals surface area contributed by atoms with Gasteiger partial charge in [0.1, 0.15) is 0 Å². The molecule has 1 N–H and O–H groups in total. The average molecular weight is 327 g/mol. The van der Waals surface area contributed by atoms with Gasteiger partial charge in [-0.25, -0.2) is 9.18 Å². The summed E-state index contributed by atoms with van der Waals surface area (Å²) in [7, 11) is 0. The number of Topliss-reactive ketones (excluding diaryl/α,β-unsaturated/α-hetero) is 1. The van der Waals surface area contributed by atoms with E-state index < -0.39 is 18.2 Å². The van der Waals surface area contributed by atoms with Crippen molar-refractivity contribution in [3.63, 3.8) is 0 Å². The van der Waals surface area contributed by atoms with Crippen molar-refractivity contribution >= 4 is 29.0 Å². The van der Waals surface area contributed by atoms with Gasteiger partial charge in [-0.05, 0) is 19.9 Å². The van der Waals surface area contributed by atoms with Gasteiger partial charge in [-0.1, -0.05) is 0 Å². The number of aliphatic carboxylic acids is 1. The lowest BCUT2D eigenvalue weighted by Gasteiger charge is -2.17. The maximum Gasteiger partial charge on any atom is 0.343 e. The SMILES string of the molecule is Cc1cc(C(=O)CCC(=O)N2CCC(F)(C(=O)O)C2)c(C)s1. The van der Waals surface area contributed by atoms with E-state index in [2.05, 4.69) is 0 Å². The number of amides is 1. The monoisotopic (exact) mass is 327 g/mol. The smallest absolute Gasteiger partial charge is 0.343 e. The molecule has 1 aliphatic heterocycles. The first-order valence-electron chi connectivity index (χ1n) is 7.03. The summed E-state index contributed by atoms with van der Waals surface area (Å²) in [4.78, 5) is 38.1. The van der Waals surface area contributed by atoms with Gasteiger partial charge in [-0.15, -0.1) is 11.3 Å². The lowest BCUT2D eigenvalue weighted by atomic mass is 10.1. The minimum Gasteiger partial charge on any atom is -0.479 e. The summed E-state index contributed by atoms with van der Waals surface area (Å²) in [5.41, 5.74) is -1.73. The van der Waals surface area contributed by atoms with Gasteiger partial charge in [-0.2, -0.15) is 0 Å². The predicted molar refractivity (Wildman–Crippen MR) is 80.0 cm³/mol. The molecule has 0 radical (unpaired) electrons. The number of carbonyl (C=O) groups is 3. The quantitative estimate of drug-likeness (QED) is 0.843. The highest BCUT2D eigenvalue weighted by Gasteiger charge is 2.46. The molecule has 1 aliphatic rings. The van der Waals surface area contributed by atoms with Gasteiger partial charge in [0, 0.05) is 41.1 Å². The maximum atomic E-state index is 13.9. The third-order valence-corrected chi connectivity index (χ3v) is 4.83. The minimum atomic E-state index is -2.36. The first-order chi connectivity index (χ1) is 10.2. The molecular weight excluding hydrogens is 309 g/mol. The molecule has 0 saturated carbocycles. The Hall–Kier alpha value is -1.76. The number of alkyl halides is 1. The van der Waals surface area contributed by atoms with E-state index >= 15 is 0 Å². The second kappa shape index (κ2) is 6.16. The zero-order chi connectivity index (χ0) is 16.5. The maximum absolute atomic E-state index is 13.9. The fourth-order valence-electron chi connectivity index (χ4n) is 2.58. The number of aryl methyl sites for hydroxylation is 2. The number of rotatable bonds is 5. The van der Waals surface area contributed by atoms with E-state index in [-0.39, 0.29) is 37.5 Å². The summed E-state index contributed by atoms with van der Waals surface area (Å²) >= 11 is 1.53. The largest absolute Gasteiger partial charge is 0.479 e. The first kappa shape index (κ1) is 16.6. The molecule has 1 amide bonds. The van der Waals surface area contributed by atoms with E-state index in [9.17, 15) is 18.8 Å². The van der Waals surface area contributed by atoms with E-state index in [1.807, 2.05) is 13.8 Å². The molecule has 0 aromatic carbocycles. The van der Waals surface area contributed by atoms with Crippen molar-refractivity contribution in [2.45, 2.75) is 38.8 Å². The Morgan fingerprint density at radius 1 is 1.36 bits per heavy atom. The van der Waals surface area contributed by atoms with Crippen LogP contribution in [0.5, 0.6) is 0 Å². The van der Waals surface area contributed by atoms with Gasteiger partial charge in [0.15, 0.2) is 5.78 Å². The van der Waals surface area contributed by atoms with Crippen molar-refractivity contribution in [2.75, 3.05) is 13.1 Å². The summed E-state index contributed by atoms with van der Waals surface area (Å²) in [6.07, 6.45) is -0.174. The normalized spacial score (nSPS) is 21.1. The van der Waals surface area contributed by atoms with Crippen LogP contribution in [0.4, 0.5) is 4.39 Å². The third kappa shape index (κ3) is 3.35. The van der Waals surface area contributed by atoms with E-state index in [1.165, 1.54) is 16.2 Å². The molecule has 1 atom stereocenters. The molecule has 1 saturated heterocycles. The highest BCUT2D eigenvalue weighted by molar-refractivity contribution is 7.12. The highest BCUT2D eigenvalue weighted by Crippen LogP contribution is 2.27. The van der Waals surface area contributed by atoms with E-state index in [4.69, 9.17) is 5.11 Å². The molecule has 0 bridgehead atoms. The molecular formula is C15H18FNO4S. The van der Waals surface area contributed by atoms with Crippen LogP contribution in [-0.2, 0) is 9.59 Å². The second-order valence-electron chi connectivity index (χ2n) is 5.59. The van der Waals surface area contributed by atoms with Crippen molar-refractivity contribution in [2.24, 2.45) is 0 Å². The van der Waals surface area contributed by atoms with Crippen LogP contribution in [0, 0.1) is 13.8 Å². The number of carboxylic acid groups (broad SMARTS) is 1. The molecule has 2 rings (SSSR count). The zero-order valence-electron chi connectivity index (χ0n) is 12.5. The number of hydrogen-bond donors (Lipinski definition) is 1. The number of halogens is 1. The summed E-state index contributed by atoms with van der Waals surface area (Å²) in [6, 6.07) is 1.81. The lowest BCUT2D eigenvalue weighted by Crippen LogP contribution is -2.38. The van der Waals surface area contributed by atoms with Gasteiger partial charge in [0.25, 0.3) is 0 Å². The fraction of sp³-hybridized carbons (Fsp3) is 0.533. The van der Waals surface area contributed by atoms with Gasteiger partial charge >= 0.3 is 5.97 Å². The fourth-order valence-corrected chi connectivity index (χ4v) is 3.52. The number of ketones is 1. The van der Waals surface area contributed by atoms with Crippen molar-refractivity contribution in [1.82, 2.24) is 4.90 Å². The van der Waals surface area contributed by atoms with Gasteiger partial charge in [0.05, 0.1) is 6.54 Å². The standard InChI is InChI=1S/C15H18FNO4S/c1-9-7-11(10(2)22-9)12(18)3-4-13(19)17-6-5-15(16,8-17)14(20)21/h7H,3-6,8H2,1-2H3,(H,20,21). The molecule has 1 unspecified atom stereocenters. The molecule has 1 aromatic heterocycles. The van der Waals surface area contributed by atoms with Crippen LogP contribution in [0.25, 0.3) is 0 Å². The average Bonchev–Trinajstić information content (AvgIpc) is 3.00. The van der Waals surface area contributed by atoms with E-state index in [0.717, 1.165) is 9.75 Å². The van der Waals surface area contributed by atoms with Crippen LogP contribution in [0.3, 0.4) is 0 Å². The number of likely N-dealkylation sites (tertiary alicyclic amines) is 1. The van der Waals surface area contributed by atoms with Crippen molar-refractivity contribution in [3.8, 4) is 0 Å². The Labute approximate surface area is 131 Å². The van der Waals surface area contributed by atoms with Crippen molar-refractivity contribution < 1.29 is 23.9 Å². The molecule has 2 heterocycles. The van der Waals surface area contributed by atoms with Crippen LogP contribution in [0.2, 0.25) is 0 Å². The molecule has 1 fully saturated rings. The van der Waals surface area contributed by atoms with E-state index in [0.29, 0.717) is 5.56 Å². The van der Waals surface area contributed by atoms with Crippen LogP contribution >= 0.6 is 11.3 Å². The summed E-state index contributed by atoms with van der Waals surface area (Å²) in [6.45, 7) is 3.41. The molecule has 22 heavy (non-hydrogen) atoms. The number of carboxylic acids is 1. The van der Waals surface area contributed by atoms with Crippen molar-refractivity contribution in [1.29, 1.82) is 0 Å². The van der Waals surface area contributed by atoms with Gasteiger partial charge in [-0.3, -0.25) is 9.59 Å². The highest BCUT2D eigenvalue weighted by atomic mass is 32.1. The summed E-state index contributed by atoms with van der Waals surface area (Å²) < 4.78 is 13.9. The van der Waals surface area contributed by atoms with Crippen LogP contribution in [0.15, 0.2) is 6.07 Å². The Morgan fingerprint density at radius 3 is 2.55 bits per heavy atom. The Kier molecular flexibility index (Phi) is 4.65. The number of nitrogens with zero attached hydrogens (tertiary/aromatic N) is 1. The molecule has 0 spiro atoms. The second-order valence-corrected chi connectivity index (χ2v) is 7.05. The number of thiophene rings is 1. The number of carbonyl (C=O) groups excluding carboxylic acids is 2. The van der Waals surface area contributed by atoms with E-state index in [1.54, 1.807) is 6.07 Å². The summed E-state index contributed by atoms with van der Waals surface area (Å²) in [5.74, 6) is -2.03. The lowest BCUT2D eigenvalue weighted by molar-refractivity contribution is -0.150. The van der Waals surface area contributed by atoms with Crippen LogP contribution in [0.1, 0.15) is 39.4 Å². The molecule has 0 aliphatic carbocycles. The first-order valence-corrected chi connectivity index (χ1v) is 7.85. The Morgan fingerprint density at radius 2 is 2.05 bits per heavy atom. The predicted octanol–water partition coefficient (Wildman–Crippen LogP) is 2.35. The van der Waals surface area contributed by atoms with Gasteiger partial charge in [0.2, 0.25) is 11.6 Å². The minimum absolute atomic E-state index is 0.0249. The van der Waals surface area contributed by atoms with Crippen molar-refractivity contribution in [3.05, 3.63) is 21.4 Å². The van der Waals surface area contributed by atoms with Gasteiger partial charge < -0.3 is 10.0 Å². The summed E-state index contributed by atoms with van der Waals surface area (Å²) in [5, 5.41) is 8.81. The van der Waals surface area contributed by atoms with Crippen LogP contribution < -0.4 is 0 Å². The molecule has 7 heteroatoms. The Balaban J connectivity index is 1.90. The van der Waals surface area contributed by atoms with Crippen LogP contribution in [-0.4, -0.2) is 46.4 Å². The number of hydrogen-bond acceptors (Lipinski definition) is 4. The Bertz CT molecular complexity index is 627. The zero-order valence-corrected chi connectivity index (χ0v) is 13.3.